The molecule has 0 unspecified atom stereocenters. The van der Waals surface area contributed by atoms with Crippen LogP contribution in [-0.2, 0) is 11.0 Å². The van der Waals surface area contributed by atoms with E-state index in [4.69, 9.17) is 9.47 Å². The number of carbonyl (C=O) groups excluding carboxylic acids is 1. The van der Waals surface area contributed by atoms with Crippen LogP contribution in [0.15, 0.2) is 42.5 Å². The Bertz CT molecular complexity index is 746. The molecule has 0 aliphatic heterocycles. The van der Waals surface area contributed by atoms with E-state index >= 15 is 0 Å². The third kappa shape index (κ3) is 5.30. The number of hydrogen-bond acceptors (Lipinski definition) is 4. The molecule has 0 heterocycles. The fraction of sp³-hybridized carbons (Fsp3) is 0.278. The summed E-state index contributed by atoms with van der Waals surface area (Å²) in [5.41, 5.74) is 0.254. The van der Waals surface area contributed by atoms with E-state index in [0.717, 1.165) is 12.1 Å². The molecule has 26 heavy (non-hydrogen) atoms. The van der Waals surface area contributed by atoms with E-state index in [1.54, 1.807) is 25.3 Å². The number of ether oxygens (including phenoxy) is 2. The van der Waals surface area contributed by atoms with Crippen molar-refractivity contribution >= 4 is 17.3 Å². The molecule has 0 saturated carbocycles. The molecule has 2 aromatic carbocycles. The van der Waals surface area contributed by atoms with Gasteiger partial charge in [-0.1, -0.05) is 0 Å². The molecule has 2 N–H and O–H groups in total. The van der Waals surface area contributed by atoms with Gasteiger partial charge in [-0.05, 0) is 36.4 Å². The van der Waals surface area contributed by atoms with Crippen LogP contribution < -0.4 is 20.1 Å². The third-order valence-corrected chi connectivity index (χ3v) is 3.57. The lowest BCUT2D eigenvalue weighted by Gasteiger charge is -2.12. The molecular weight excluding hydrogens is 349 g/mol. The van der Waals surface area contributed by atoms with Crippen molar-refractivity contribution in [3.8, 4) is 11.5 Å². The molecule has 0 atom stereocenters. The first kappa shape index (κ1) is 19.4. The summed E-state index contributed by atoms with van der Waals surface area (Å²) in [6, 6.07) is 9.54. The molecule has 5 nitrogen and oxygen atoms in total. The second kappa shape index (κ2) is 8.46. The van der Waals surface area contributed by atoms with Gasteiger partial charge in [0.15, 0.2) is 0 Å². The van der Waals surface area contributed by atoms with E-state index in [2.05, 4.69) is 10.6 Å². The maximum absolute atomic E-state index is 12.5. The topological polar surface area (TPSA) is 59.6 Å². The van der Waals surface area contributed by atoms with Crippen LogP contribution in [-0.4, -0.2) is 26.7 Å². The van der Waals surface area contributed by atoms with Crippen LogP contribution >= 0.6 is 0 Å². The van der Waals surface area contributed by atoms with Crippen molar-refractivity contribution in [3.05, 3.63) is 48.0 Å². The molecule has 8 heteroatoms. The molecular formula is C18H19F3N2O3. The molecule has 2 rings (SSSR count). The standard InChI is InChI=1S/C18H19F3N2O3/c1-25-14-7-8-15(16(11-14)26-2)22-10-9-17(24)23-13-5-3-12(4-6-13)18(19,20)21/h3-8,11,22H,9-10H2,1-2H3,(H,23,24). The smallest absolute Gasteiger partial charge is 0.416 e. The highest BCUT2D eigenvalue weighted by Crippen LogP contribution is 2.30. The van der Waals surface area contributed by atoms with E-state index in [-0.39, 0.29) is 12.3 Å². The van der Waals surface area contributed by atoms with Crippen LogP contribution in [0.3, 0.4) is 0 Å². The van der Waals surface area contributed by atoms with Crippen molar-refractivity contribution in [2.75, 3.05) is 31.4 Å². The molecule has 0 saturated heterocycles. The van der Waals surface area contributed by atoms with Gasteiger partial charge in [0.1, 0.15) is 11.5 Å². The predicted octanol–water partition coefficient (Wildman–Crippen LogP) is 4.16. The summed E-state index contributed by atoms with van der Waals surface area (Å²) >= 11 is 0. The molecule has 0 spiro atoms. The van der Waals surface area contributed by atoms with E-state index in [1.807, 2.05) is 0 Å². The highest BCUT2D eigenvalue weighted by Gasteiger charge is 2.29. The summed E-state index contributed by atoms with van der Waals surface area (Å²) in [5, 5.41) is 5.63. The zero-order valence-electron chi connectivity index (χ0n) is 14.3. The van der Waals surface area contributed by atoms with Crippen molar-refractivity contribution in [1.82, 2.24) is 0 Å². The predicted molar refractivity (Wildman–Crippen MR) is 92.7 cm³/mol. The average Bonchev–Trinajstić information content (AvgIpc) is 2.61. The fourth-order valence-corrected chi connectivity index (χ4v) is 2.22. The van der Waals surface area contributed by atoms with Gasteiger partial charge in [0, 0.05) is 24.7 Å². The number of benzene rings is 2. The summed E-state index contributed by atoms with van der Waals surface area (Å²) in [4.78, 5) is 11.9. The first-order chi connectivity index (χ1) is 12.3. The Morgan fingerprint density at radius 3 is 2.31 bits per heavy atom. The molecule has 0 aromatic heterocycles. The van der Waals surface area contributed by atoms with Gasteiger partial charge >= 0.3 is 6.18 Å². The molecule has 1 amide bonds. The van der Waals surface area contributed by atoms with Gasteiger partial charge in [0.05, 0.1) is 25.5 Å². The second-order valence-corrected chi connectivity index (χ2v) is 5.37. The van der Waals surface area contributed by atoms with Gasteiger partial charge in [-0.25, -0.2) is 0 Å². The van der Waals surface area contributed by atoms with Gasteiger partial charge < -0.3 is 20.1 Å². The SMILES string of the molecule is COc1ccc(NCCC(=O)Nc2ccc(C(F)(F)F)cc2)c(OC)c1. The van der Waals surface area contributed by atoms with Crippen molar-refractivity contribution in [2.24, 2.45) is 0 Å². The van der Waals surface area contributed by atoms with E-state index in [0.29, 0.717) is 29.4 Å². The average molecular weight is 368 g/mol. The number of carbonyl (C=O) groups is 1. The monoisotopic (exact) mass is 368 g/mol. The van der Waals surface area contributed by atoms with E-state index in [9.17, 15) is 18.0 Å². The fourth-order valence-electron chi connectivity index (χ4n) is 2.22. The second-order valence-electron chi connectivity index (χ2n) is 5.37. The molecule has 0 aliphatic rings. The molecule has 0 bridgehead atoms. The van der Waals surface area contributed by atoms with Crippen LogP contribution in [0.25, 0.3) is 0 Å². The van der Waals surface area contributed by atoms with Crippen molar-refractivity contribution in [1.29, 1.82) is 0 Å². The summed E-state index contributed by atoms with van der Waals surface area (Å²) in [5.74, 6) is 0.907. The first-order valence-electron chi connectivity index (χ1n) is 7.76. The van der Waals surface area contributed by atoms with Gasteiger partial charge in [-0.3, -0.25) is 4.79 Å². The summed E-state index contributed by atoms with van der Waals surface area (Å²) in [6.07, 6.45) is -4.26. The van der Waals surface area contributed by atoms with Crippen molar-refractivity contribution in [3.63, 3.8) is 0 Å². The van der Waals surface area contributed by atoms with Gasteiger partial charge in [-0.15, -0.1) is 0 Å². The minimum absolute atomic E-state index is 0.135. The number of anilines is 2. The summed E-state index contributed by atoms with van der Waals surface area (Å²) < 4.78 is 47.9. The summed E-state index contributed by atoms with van der Waals surface area (Å²) in [6.45, 7) is 0.329. The number of methoxy groups -OCH3 is 2. The highest BCUT2D eigenvalue weighted by atomic mass is 19.4. The van der Waals surface area contributed by atoms with Gasteiger partial charge in [0.2, 0.25) is 5.91 Å². The Balaban J connectivity index is 1.86. The molecule has 0 fully saturated rings. The Kier molecular flexibility index (Phi) is 6.32. The number of hydrogen-bond donors (Lipinski definition) is 2. The number of rotatable bonds is 7. The van der Waals surface area contributed by atoms with Crippen molar-refractivity contribution in [2.45, 2.75) is 12.6 Å². The Labute approximate surface area is 149 Å². The zero-order valence-corrected chi connectivity index (χ0v) is 14.3. The van der Waals surface area contributed by atoms with Crippen molar-refractivity contribution < 1.29 is 27.4 Å². The lowest BCUT2D eigenvalue weighted by molar-refractivity contribution is -0.137. The molecule has 140 valence electrons. The summed E-state index contributed by atoms with van der Waals surface area (Å²) in [7, 11) is 3.07. The first-order valence-corrected chi connectivity index (χ1v) is 7.76. The largest absolute Gasteiger partial charge is 0.497 e. The van der Waals surface area contributed by atoms with Gasteiger partial charge in [0.25, 0.3) is 0 Å². The van der Waals surface area contributed by atoms with Crippen LogP contribution in [0.1, 0.15) is 12.0 Å². The molecule has 0 radical (unpaired) electrons. The van der Waals surface area contributed by atoms with E-state index < -0.39 is 11.7 Å². The number of nitrogens with one attached hydrogen (secondary N) is 2. The molecule has 2 aromatic rings. The lowest BCUT2D eigenvalue weighted by atomic mass is 10.2. The lowest BCUT2D eigenvalue weighted by Crippen LogP contribution is -2.16. The van der Waals surface area contributed by atoms with Crippen LogP contribution in [0.2, 0.25) is 0 Å². The van der Waals surface area contributed by atoms with Gasteiger partial charge in [-0.2, -0.15) is 13.2 Å². The maximum atomic E-state index is 12.5. The Morgan fingerprint density at radius 2 is 1.73 bits per heavy atom. The maximum Gasteiger partial charge on any atom is 0.416 e. The Morgan fingerprint density at radius 1 is 1.04 bits per heavy atom. The number of halogens is 3. The normalized spacial score (nSPS) is 11.0. The highest BCUT2D eigenvalue weighted by molar-refractivity contribution is 5.91. The Hall–Kier alpha value is -2.90. The third-order valence-electron chi connectivity index (χ3n) is 3.57. The number of alkyl halides is 3. The quantitative estimate of drug-likeness (QED) is 0.770. The van der Waals surface area contributed by atoms with Crippen LogP contribution in [0.5, 0.6) is 11.5 Å². The van der Waals surface area contributed by atoms with Crippen LogP contribution in [0.4, 0.5) is 24.5 Å². The number of amides is 1. The molecule has 0 aliphatic carbocycles. The minimum Gasteiger partial charge on any atom is -0.497 e. The zero-order chi connectivity index (χ0) is 19.2. The minimum atomic E-state index is -4.40. The van der Waals surface area contributed by atoms with E-state index in [1.165, 1.54) is 19.2 Å². The van der Waals surface area contributed by atoms with Crippen LogP contribution in [0, 0.1) is 0 Å².